The highest BCUT2D eigenvalue weighted by molar-refractivity contribution is 9.10. The highest BCUT2D eigenvalue weighted by Crippen LogP contribution is 2.01. The maximum absolute atomic E-state index is 11.4. The van der Waals surface area contributed by atoms with Crippen LogP contribution in [-0.2, 0) is 9.53 Å². The van der Waals surface area contributed by atoms with Crippen LogP contribution in [0.2, 0.25) is 0 Å². The second-order valence-electron chi connectivity index (χ2n) is 2.69. The van der Waals surface area contributed by atoms with E-state index in [2.05, 4.69) is 36.2 Å². The standard InChI is InChI=1S/C8H10BrN3O3/c1-15-8(14)6(9)4-10-7(13)5-2-11-12-3-5/h2-3,6H,4H2,1H3,(H,10,13)(H,11,12). The third-order valence-corrected chi connectivity index (χ3v) is 2.36. The summed E-state index contributed by atoms with van der Waals surface area (Å²) in [5, 5.41) is 8.70. The van der Waals surface area contributed by atoms with E-state index >= 15 is 0 Å². The second kappa shape index (κ2) is 5.50. The van der Waals surface area contributed by atoms with Crippen molar-refractivity contribution >= 4 is 27.8 Å². The van der Waals surface area contributed by atoms with Crippen LogP contribution < -0.4 is 5.32 Å². The van der Waals surface area contributed by atoms with Gasteiger partial charge >= 0.3 is 5.97 Å². The molecule has 6 nitrogen and oxygen atoms in total. The van der Waals surface area contributed by atoms with Crippen molar-refractivity contribution in [3.05, 3.63) is 18.0 Å². The fourth-order valence-electron chi connectivity index (χ4n) is 0.871. The predicted molar refractivity (Wildman–Crippen MR) is 55.7 cm³/mol. The summed E-state index contributed by atoms with van der Waals surface area (Å²) in [7, 11) is 1.29. The van der Waals surface area contributed by atoms with Gasteiger partial charge in [-0.3, -0.25) is 14.7 Å². The molecule has 7 heteroatoms. The summed E-state index contributed by atoms with van der Waals surface area (Å²) in [5.41, 5.74) is 0.416. The van der Waals surface area contributed by atoms with Crippen molar-refractivity contribution in [2.75, 3.05) is 13.7 Å². The molecule has 1 heterocycles. The number of nitrogens with zero attached hydrogens (tertiary/aromatic N) is 1. The summed E-state index contributed by atoms with van der Waals surface area (Å²) < 4.78 is 4.48. The number of rotatable bonds is 4. The Labute approximate surface area is 94.5 Å². The average molecular weight is 276 g/mol. The van der Waals surface area contributed by atoms with Crippen LogP contribution in [0.1, 0.15) is 10.4 Å². The van der Waals surface area contributed by atoms with Gasteiger partial charge in [0.2, 0.25) is 0 Å². The molecule has 0 bridgehead atoms. The Balaban J connectivity index is 2.38. The van der Waals surface area contributed by atoms with Crippen molar-refractivity contribution in [1.82, 2.24) is 15.5 Å². The molecule has 1 atom stereocenters. The molecular weight excluding hydrogens is 266 g/mol. The van der Waals surface area contributed by atoms with E-state index in [0.29, 0.717) is 5.56 Å². The summed E-state index contributed by atoms with van der Waals surface area (Å²) in [4.78, 5) is 21.8. The van der Waals surface area contributed by atoms with Crippen molar-refractivity contribution in [3.63, 3.8) is 0 Å². The Hall–Kier alpha value is -1.37. The smallest absolute Gasteiger partial charge is 0.321 e. The van der Waals surface area contributed by atoms with E-state index in [1.165, 1.54) is 19.5 Å². The zero-order valence-electron chi connectivity index (χ0n) is 7.99. The van der Waals surface area contributed by atoms with Crippen LogP contribution in [0.15, 0.2) is 12.4 Å². The number of halogens is 1. The van der Waals surface area contributed by atoms with E-state index in [4.69, 9.17) is 0 Å². The summed E-state index contributed by atoms with van der Waals surface area (Å²) in [6, 6.07) is 0. The van der Waals surface area contributed by atoms with Crippen LogP contribution in [0.3, 0.4) is 0 Å². The maximum Gasteiger partial charge on any atom is 0.321 e. The summed E-state index contributed by atoms with van der Waals surface area (Å²) in [6.07, 6.45) is 2.87. The highest BCUT2D eigenvalue weighted by Gasteiger charge is 2.16. The molecule has 15 heavy (non-hydrogen) atoms. The number of amides is 1. The average Bonchev–Trinajstić information content (AvgIpc) is 2.77. The normalized spacial score (nSPS) is 11.9. The minimum atomic E-state index is -0.543. The minimum absolute atomic E-state index is 0.163. The lowest BCUT2D eigenvalue weighted by molar-refractivity contribution is -0.139. The minimum Gasteiger partial charge on any atom is -0.468 e. The summed E-state index contributed by atoms with van der Waals surface area (Å²) >= 11 is 3.08. The molecule has 0 aromatic carbocycles. The molecule has 0 fully saturated rings. The van der Waals surface area contributed by atoms with Gasteiger partial charge in [0.25, 0.3) is 5.91 Å². The molecule has 1 rings (SSSR count). The third-order valence-electron chi connectivity index (χ3n) is 1.66. The number of methoxy groups -OCH3 is 1. The molecule has 0 aliphatic rings. The molecule has 2 N–H and O–H groups in total. The van der Waals surface area contributed by atoms with Crippen molar-refractivity contribution in [1.29, 1.82) is 0 Å². The van der Waals surface area contributed by atoms with Crippen LogP contribution >= 0.6 is 15.9 Å². The Morgan fingerprint density at radius 3 is 3.00 bits per heavy atom. The number of aromatic nitrogens is 2. The van der Waals surface area contributed by atoms with E-state index in [-0.39, 0.29) is 12.5 Å². The van der Waals surface area contributed by atoms with E-state index < -0.39 is 10.8 Å². The van der Waals surface area contributed by atoms with Gasteiger partial charge in [0.05, 0.1) is 18.9 Å². The van der Waals surface area contributed by atoms with Crippen LogP contribution in [0.5, 0.6) is 0 Å². The van der Waals surface area contributed by atoms with E-state index in [9.17, 15) is 9.59 Å². The Bertz CT molecular complexity index is 339. The number of ether oxygens (including phenoxy) is 1. The quantitative estimate of drug-likeness (QED) is 0.602. The number of aromatic amines is 1. The van der Waals surface area contributed by atoms with E-state index in [1.807, 2.05) is 0 Å². The van der Waals surface area contributed by atoms with Gasteiger partial charge in [-0.1, -0.05) is 15.9 Å². The third kappa shape index (κ3) is 3.35. The first-order valence-corrected chi connectivity index (χ1v) is 5.05. The molecule has 1 aromatic heterocycles. The number of hydrogen-bond donors (Lipinski definition) is 2. The van der Waals surface area contributed by atoms with Gasteiger partial charge in [0, 0.05) is 12.7 Å². The monoisotopic (exact) mass is 275 g/mol. The molecule has 0 aliphatic carbocycles. The Morgan fingerprint density at radius 2 is 2.47 bits per heavy atom. The van der Waals surface area contributed by atoms with Crippen LogP contribution in [0.25, 0.3) is 0 Å². The number of alkyl halides is 1. The lowest BCUT2D eigenvalue weighted by Crippen LogP contribution is -2.33. The van der Waals surface area contributed by atoms with Crippen LogP contribution in [0, 0.1) is 0 Å². The van der Waals surface area contributed by atoms with Gasteiger partial charge in [0.15, 0.2) is 0 Å². The second-order valence-corrected chi connectivity index (χ2v) is 3.79. The lowest BCUT2D eigenvalue weighted by Gasteiger charge is -2.07. The highest BCUT2D eigenvalue weighted by atomic mass is 79.9. The predicted octanol–water partition coefficient (Wildman–Crippen LogP) is 0.0760. The molecule has 1 amide bonds. The molecule has 0 aliphatic heterocycles. The number of H-pyrrole nitrogens is 1. The van der Waals surface area contributed by atoms with Gasteiger partial charge in [-0.2, -0.15) is 5.10 Å². The fourth-order valence-corrected chi connectivity index (χ4v) is 1.22. The van der Waals surface area contributed by atoms with Crippen molar-refractivity contribution in [3.8, 4) is 0 Å². The molecule has 82 valence electrons. The summed E-state index contributed by atoms with van der Waals surface area (Å²) in [5.74, 6) is -0.723. The van der Waals surface area contributed by atoms with E-state index in [0.717, 1.165) is 0 Å². The largest absolute Gasteiger partial charge is 0.468 e. The van der Waals surface area contributed by atoms with Gasteiger partial charge < -0.3 is 10.1 Å². The molecule has 0 radical (unpaired) electrons. The number of hydrogen-bond acceptors (Lipinski definition) is 4. The number of esters is 1. The van der Waals surface area contributed by atoms with Crippen molar-refractivity contribution in [2.24, 2.45) is 0 Å². The number of nitrogens with one attached hydrogen (secondary N) is 2. The molecule has 0 saturated heterocycles. The molecule has 1 unspecified atom stereocenters. The lowest BCUT2D eigenvalue weighted by atomic mass is 10.3. The van der Waals surface area contributed by atoms with Crippen molar-refractivity contribution in [2.45, 2.75) is 4.83 Å². The fraction of sp³-hybridized carbons (Fsp3) is 0.375. The Morgan fingerprint density at radius 1 is 1.73 bits per heavy atom. The molecular formula is C8H10BrN3O3. The summed E-state index contributed by atoms with van der Waals surface area (Å²) in [6.45, 7) is 0.163. The first-order valence-electron chi connectivity index (χ1n) is 4.14. The number of carbonyl (C=O) groups excluding carboxylic acids is 2. The zero-order chi connectivity index (χ0) is 11.3. The zero-order valence-corrected chi connectivity index (χ0v) is 9.58. The van der Waals surface area contributed by atoms with Gasteiger partial charge in [-0.05, 0) is 0 Å². The first kappa shape index (κ1) is 11.7. The first-order chi connectivity index (χ1) is 7.15. The van der Waals surface area contributed by atoms with E-state index in [1.54, 1.807) is 0 Å². The molecule has 0 spiro atoms. The topological polar surface area (TPSA) is 84.1 Å². The van der Waals surface area contributed by atoms with Gasteiger partial charge in [0.1, 0.15) is 4.83 Å². The number of carbonyl (C=O) groups is 2. The molecule has 1 aromatic rings. The molecule has 0 saturated carbocycles. The van der Waals surface area contributed by atoms with Crippen LogP contribution in [-0.4, -0.2) is 40.6 Å². The Kier molecular flexibility index (Phi) is 4.29. The SMILES string of the molecule is COC(=O)C(Br)CNC(=O)c1cn[nH]c1. The van der Waals surface area contributed by atoms with Crippen molar-refractivity contribution < 1.29 is 14.3 Å². The van der Waals surface area contributed by atoms with Gasteiger partial charge in [-0.15, -0.1) is 0 Å². The maximum atomic E-state index is 11.4. The van der Waals surface area contributed by atoms with Gasteiger partial charge in [-0.25, -0.2) is 0 Å². The van der Waals surface area contributed by atoms with Crippen LogP contribution in [0.4, 0.5) is 0 Å².